The first-order valence-corrected chi connectivity index (χ1v) is 11.6. The molecule has 2 aromatic heterocycles. The first-order valence-electron chi connectivity index (χ1n) is 11.6. The lowest BCUT2D eigenvalue weighted by Gasteiger charge is -2.23. The van der Waals surface area contributed by atoms with Gasteiger partial charge in [0, 0.05) is 22.3 Å². The van der Waals surface area contributed by atoms with Gasteiger partial charge in [0.25, 0.3) is 0 Å². The van der Waals surface area contributed by atoms with Gasteiger partial charge in [-0.15, -0.1) is 0 Å². The van der Waals surface area contributed by atoms with Gasteiger partial charge >= 0.3 is 0 Å². The summed E-state index contributed by atoms with van der Waals surface area (Å²) in [7, 11) is 0. The van der Waals surface area contributed by atoms with E-state index in [2.05, 4.69) is 27.4 Å². The van der Waals surface area contributed by atoms with Crippen molar-refractivity contribution in [3.05, 3.63) is 89.2 Å². The Morgan fingerprint density at radius 1 is 0.879 bits per heavy atom. The van der Waals surface area contributed by atoms with E-state index in [0.29, 0.717) is 11.6 Å². The Hall–Kier alpha value is -3.60. The summed E-state index contributed by atoms with van der Waals surface area (Å²) in [6.07, 6.45) is 5.06. The van der Waals surface area contributed by atoms with Crippen LogP contribution in [-0.2, 0) is 0 Å². The van der Waals surface area contributed by atoms with Crippen molar-refractivity contribution in [3.8, 4) is 11.5 Å². The van der Waals surface area contributed by atoms with Gasteiger partial charge in [0.15, 0.2) is 0 Å². The Morgan fingerprint density at radius 3 is 2.36 bits per heavy atom. The van der Waals surface area contributed by atoms with E-state index in [1.165, 1.54) is 12.8 Å². The largest absolute Gasteiger partial charge is 0.505 e. The summed E-state index contributed by atoms with van der Waals surface area (Å²) >= 11 is 0. The zero-order valence-electron chi connectivity index (χ0n) is 19.1. The lowest BCUT2D eigenvalue weighted by Crippen LogP contribution is -2.14. The third-order valence-corrected chi connectivity index (χ3v) is 6.32. The maximum Gasteiger partial charge on any atom is 0.147 e. The Labute approximate surface area is 194 Å². The molecule has 5 heteroatoms. The molecule has 2 aromatic carbocycles. The number of aryl methyl sites for hydroxylation is 2. The van der Waals surface area contributed by atoms with E-state index < -0.39 is 0 Å². The third-order valence-electron chi connectivity index (χ3n) is 6.32. The van der Waals surface area contributed by atoms with Gasteiger partial charge in [-0.05, 0) is 75.4 Å². The molecule has 0 unspecified atom stereocenters. The van der Waals surface area contributed by atoms with Crippen molar-refractivity contribution in [3.63, 3.8) is 0 Å². The summed E-state index contributed by atoms with van der Waals surface area (Å²) in [4.78, 5) is 9.21. The van der Waals surface area contributed by atoms with Crippen LogP contribution in [0.4, 0.5) is 5.82 Å². The van der Waals surface area contributed by atoms with Crippen molar-refractivity contribution in [2.24, 2.45) is 0 Å². The standard InChI is InChI=1S/C28H29N3O2/c1-18-6-5-9-25(29-18)31-26(20-12-15-23(16-13-20)33-22-7-3-4-8-22)24-17-14-21-11-10-19(2)30-27(21)28(24)32/h5-6,9-17,22,26,32H,3-4,7-8H2,1-2H3,(H,29,31)/t26-/m1/s1. The number of rotatable bonds is 6. The second kappa shape index (κ2) is 9.10. The van der Waals surface area contributed by atoms with Crippen LogP contribution in [0.15, 0.2) is 66.7 Å². The molecule has 4 aromatic rings. The lowest BCUT2D eigenvalue weighted by molar-refractivity contribution is 0.210. The van der Waals surface area contributed by atoms with Crippen molar-refractivity contribution in [1.82, 2.24) is 9.97 Å². The van der Waals surface area contributed by atoms with Crippen LogP contribution in [0.1, 0.15) is 54.2 Å². The van der Waals surface area contributed by atoms with Gasteiger partial charge < -0.3 is 15.2 Å². The molecule has 168 valence electrons. The Kier molecular flexibility index (Phi) is 5.86. The molecule has 1 atom stereocenters. The van der Waals surface area contributed by atoms with Crippen LogP contribution in [0.3, 0.4) is 0 Å². The predicted molar refractivity (Wildman–Crippen MR) is 132 cm³/mol. The maximum atomic E-state index is 11.2. The molecule has 0 bridgehead atoms. The fourth-order valence-electron chi connectivity index (χ4n) is 4.57. The van der Waals surface area contributed by atoms with E-state index in [1.54, 1.807) is 0 Å². The second-order valence-electron chi connectivity index (χ2n) is 8.86. The maximum absolute atomic E-state index is 11.2. The normalized spacial score (nSPS) is 15.0. The highest BCUT2D eigenvalue weighted by Crippen LogP contribution is 2.37. The molecule has 0 aliphatic heterocycles. The number of nitrogens with zero attached hydrogens (tertiary/aromatic N) is 2. The number of hydrogen-bond donors (Lipinski definition) is 2. The molecule has 33 heavy (non-hydrogen) atoms. The first kappa shape index (κ1) is 21.3. The zero-order valence-corrected chi connectivity index (χ0v) is 19.1. The highest BCUT2D eigenvalue weighted by molar-refractivity contribution is 5.86. The van der Waals surface area contributed by atoms with Crippen LogP contribution in [-0.4, -0.2) is 21.2 Å². The summed E-state index contributed by atoms with van der Waals surface area (Å²) in [6, 6.07) is 21.7. The summed E-state index contributed by atoms with van der Waals surface area (Å²) in [5.41, 5.74) is 4.18. The van der Waals surface area contributed by atoms with E-state index in [-0.39, 0.29) is 11.8 Å². The molecule has 5 rings (SSSR count). The Bertz CT molecular complexity index is 1260. The van der Waals surface area contributed by atoms with Gasteiger partial charge in [0.05, 0.1) is 12.1 Å². The minimum absolute atomic E-state index is 0.188. The van der Waals surface area contributed by atoms with Crippen LogP contribution >= 0.6 is 0 Å². The summed E-state index contributed by atoms with van der Waals surface area (Å²) < 4.78 is 6.15. The van der Waals surface area contributed by atoms with Crippen LogP contribution in [0.5, 0.6) is 11.5 Å². The number of benzene rings is 2. The molecule has 2 heterocycles. The highest BCUT2D eigenvalue weighted by Gasteiger charge is 2.22. The summed E-state index contributed by atoms with van der Waals surface area (Å²) in [5.74, 6) is 1.83. The number of hydrogen-bond acceptors (Lipinski definition) is 5. The van der Waals surface area contributed by atoms with Crippen molar-refractivity contribution in [1.29, 1.82) is 0 Å². The fraction of sp³-hybridized carbons (Fsp3) is 0.286. The van der Waals surface area contributed by atoms with Gasteiger partial charge in [-0.3, -0.25) is 0 Å². The zero-order chi connectivity index (χ0) is 22.8. The Morgan fingerprint density at radius 2 is 1.61 bits per heavy atom. The average molecular weight is 440 g/mol. The molecule has 2 N–H and O–H groups in total. The van der Waals surface area contributed by atoms with Crippen molar-refractivity contribution in [2.75, 3.05) is 5.32 Å². The number of phenolic OH excluding ortho intramolecular Hbond substituents is 1. The van der Waals surface area contributed by atoms with E-state index >= 15 is 0 Å². The third kappa shape index (κ3) is 4.63. The fourth-order valence-corrected chi connectivity index (χ4v) is 4.57. The minimum Gasteiger partial charge on any atom is -0.505 e. The van der Waals surface area contributed by atoms with Crippen LogP contribution in [0, 0.1) is 13.8 Å². The number of aromatic hydroxyl groups is 1. The number of anilines is 1. The van der Waals surface area contributed by atoms with E-state index in [1.807, 2.05) is 68.4 Å². The average Bonchev–Trinajstić information content (AvgIpc) is 3.32. The molecular weight excluding hydrogens is 410 g/mol. The molecular formula is C28H29N3O2. The highest BCUT2D eigenvalue weighted by atomic mass is 16.5. The second-order valence-corrected chi connectivity index (χ2v) is 8.86. The molecule has 1 saturated carbocycles. The Balaban J connectivity index is 1.53. The number of nitrogens with one attached hydrogen (secondary N) is 1. The SMILES string of the molecule is Cc1cccc(N[C@H](c2ccc(OC3CCCC3)cc2)c2ccc3ccc(C)nc3c2O)n1. The van der Waals surface area contributed by atoms with Crippen molar-refractivity contribution >= 4 is 16.7 Å². The van der Waals surface area contributed by atoms with Crippen molar-refractivity contribution in [2.45, 2.75) is 51.7 Å². The first-order chi connectivity index (χ1) is 16.1. The number of phenols is 1. The molecule has 0 saturated heterocycles. The molecule has 0 radical (unpaired) electrons. The van der Waals surface area contributed by atoms with Gasteiger partial charge in [-0.2, -0.15) is 0 Å². The molecule has 0 spiro atoms. The minimum atomic E-state index is -0.299. The summed E-state index contributed by atoms with van der Waals surface area (Å²) in [6.45, 7) is 3.90. The quantitative estimate of drug-likeness (QED) is 0.360. The number of aromatic nitrogens is 2. The van der Waals surface area contributed by atoms with E-state index in [9.17, 15) is 5.11 Å². The van der Waals surface area contributed by atoms with Gasteiger partial charge in [-0.1, -0.05) is 36.4 Å². The summed E-state index contributed by atoms with van der Waals surface area (Å²) in [5, 5.41) is 15.7. The van der Waals surface area contributed by atoms with E-state index in [4.69, 9.17) is 4.74 Å². The molecule has 1 fully saturated rings. The van der Waals surface area contributed by atoms with Crippen LogP contribution in [0.25, 0.3) is 10.9 Å². The number of pyridine rings is 2. The van der Waals surface area contributed by atoms with Gasteiger partial charge in [0.2, 0.25) is 0 Å². The van der Waals surface area contributed by atoms with Gasteiger partial charge in [-0.25, -0.2) is 9.97 Å². The molecule has 5 nitrogen and oxygen atoms in total. The van der Waals surface area contributed by atoms with Gasteiger partial charge in [0.1, 0.15) is 22.8 Å². The molecule has 0 amide bonds. The van der Waals surface area contributed by atoms with E-state index in [0.717, 1.165) is 52.3 Å². The van der Waals surface area contributed by atoms with Crippen LogP contribution < -0.4 is 10.1 Å². The smallest absolute Gasteiger partial charge is 0.147 e. The predicted octanol–water partition coefficient (Wildman–Crippen LogP) is 6.48. The topological polar surface area (TPSA) is 67.3 Å². The van der Waals surface area contributed by atoms with Crippen molar-refractivity contribution < 1.29 is 9.84 Å². The molecule has 1 aliphatic carbocycles. The molecule has 1 aliphatic rings. The monoisotopic (exact) mass is 439 g/mol. The number of fused-ring (bicyclic) bond motifs is 1. The lowest BCUT2D eigenvalue weighted by atomic mass is 9.96. The van der Waals surface area contributed by atoms with Crippen LogP contribution in [0.2, 0.25) is 0 Å². The number of ether oxygens (including phenoxy) is 1.